The number of carbonyl (C=O) groups excluding carboxylic acids is 1. The lowest BCUT2D eigenvalue weighted by molar-refractivity contribution is -0.115. The predicted octanol–water partition coefficient (Wildman–Crippen LogP) is 3.55. The van der Waals surface area contributed by atoms with Crippen LogP contribution in [0.5, 0.6) is 17.2 Å². The highest BCUT2D eigenvalue weighted by Crippen LogP contribution is 2.37. The minimum Gasteiger partial charge on any atom is -0.502 e. The zero-order chi connectivity index (χ0) is 22.5. The van der Waals surface area contributed by atoms with Gasteiger partial charge in [0.05, 0.1) is 39.5 Å². The highest BCUT2D eigenvalue weighted by Gasteiger charge is 2.16. The Morgan fingerprint density at radius 2 is 1.81 bits per heavy atom. The van der Waals surface area contributed by atoms with E-state index in [4.69, 9.17) is 19.2 Å². The monoisotopic (exact) mass is 455 g/mol. The number of methoxy groups -OCH3 is 2. The van der Waals surface area contributed by atoms with Crippen LogP contribution in [0.4, 0.5) is 10.8 Å². The summed E-state index contributed by atoms with van der Waals surface area (Å²) in [6, 6.07) is 10.8. The molecule has 0 unspecified atom stereocenters. The summed E-state index contributed by atoms with van der Waals surface area (Å²) in [6.45, 7) is 3.17. The van der Waals surface area contributed by atoms with Gasteiger partial charge in [0.1, 0.15) is 0 Å². The molecule has 0 spiro atoms. The van der Waals surface area contributed by atoms with Crippen molar-refractivity contribution in [2.75, 3.05) is 50.7 Å². The third kappa shape index (κ3) is 4.95. The number of amides is 1. The van der Waals surface area contributed by atoms with Gasteiger partial charge in [0.2, 0.25) is 11.7 Å². The third-order valence-corrected chi connectivity index (χ3v) is 6.04. The van der Waals surface area contributed by atoms with Crippen molar-refractivity contribution in [3.8, 4) is 28.5 Å². The number of hydrogen-bond donors (Lipinski definition) is 2. The maximum Gasteiger partial charge on any atom is 0.228 e. The van der Waals surface area contributed by atoms with Crippen molar-refractivity contribution in [1.82, 2.24) is 4.98 Å². The molecule has 9 heteroatoms. The van der Waals surface area contributed by atoms with E-state index in [1.807, 2.05) is 29.6 Å². The first-order chi connectivity index (χ1) is 15.6. The minimum atomic E-state index is -0.184. The largest absolute Gasteiger partial charge is 0.502 e. The lowest BCUT2D eigenvalue weighted by atomic mass is 10.1. The number of thiazole rings is 1. The molecule has 0 aliphatic carbocycles. The van der Waals surface area contributed by atoms with Crippen LogP contribution in [0, 0.1) is 0 Å². The van der Waals surface area contributed by atoms with Crippen LogP contribution in [0.3, 0.4) is 0 Å². The molecule has 0 atom stereocenters. The molecule has 1 fully saturated rings. The second kappa shape index (κ2) is 9.88. The molecule has 3 aromatic rings. The fraction of sp³-hybridized carbons (Fsp3) is 0.304. The minimum absolute atomic E-state index is 0.0893. The van der Waals surface area contributed by atoms with Crippen molar-refractivity contribution < 1.29 is 24.1 Å². The van der Waals surface area contributed by atoms with Crippen LogP contribution < -0.4 is 19.7 Å². The number of phenolic OH excluding ortho intramolecular Hbond substituents is 1. The Hall–Kier alpha value is -3.30. The van der Waals surface area contributed by atoms with Crippen LogP contribution in [0.2, 0.25) is 0 Å². The van der Waals surface area contributed by atoms with Crippen LogP contribution >= 0.6 is 11.3 Å². The van der Waals surface area contributed by atoms with Crippen molar-refractivity contribution in [3.05, 3.63) is 47.3 Å². The van der Waals surface area contributed by atoms with Gasteiger partial charge in [-0.15, -0.1) is 11.3 Å². The van der Waals surface area contributed by atoms with Crippen molar-refractivity contribution in [1.29, 1.82) is 0 Å². The molecule has 1 amide bonds. The summed E-state index contributed by atoms with van der Waals surface area (Å²) in [5.41, 5.74) is 3.27. The second-order valence-electron chi connectivity index (χ2n) is 7.27. The van der Waals surface area contributed by atoms with E-state index in [0.717, 1.165) is 42.7 Å². The van der Waals surface area contributed by atoms with Gasteiger partial charge in [-0.1, -0.05) is 12.1 Å². The van der Waals surface area contributed by atoms with Gasteiger partial charge in [-0.05, 0) is 29.8 Å². The molecule has 1 aromatic heterocycles. The summed E-state index contributed by atoms with van der Waals surface area (Å²) >= 11 is 1.63. The summed E-state index contributed by atoms with van der Waals surface area (Å²) in [4.78, 5) is 19.5. The lowest BCUT2D eigenvalue weighted by Crippen LogP contribution is -2.36. The van der Waals surface area contributed by atoms with E-state index >= 15 is 0 Å². The molecular formula is C23H25N3O5S. The van der Waals surface area contributed by atoms with E-state index in [9.17, 15) is 9.90 Å². The molecule has 0 bridgehead atoms. The number of ether oxygens (including phenoxy) is 3. The number of phenols is 1. The topological polar surface area (TPSA) is 93.2 Å². The SMILES string of the molecule is COc1cc(CC(=O)Nc2ccc(-c3csc(N4CCOCC4)n3)cc2)cc(OC)c1O. The Kier molecular flexibility index (Phi) is 6.77. The Morgan fingerprint density at radius 3 is 2.44 bits per heavy atom. The fourth-order valence-corrected chi connectivity index (χ4v) is 4.35. The zero-order valence-corrected chi connectivity index (χ0v) is 18.8. The Labute approximate surface area is 190 Å². The van der Waals surface area contributed by atoms with Crippen LogP contribution in [0.1, 0.15) is 5.56 Å². The highest BCUT2D eigenvalue weighted by atomic mass is 32.1. The van der Waals surface area contributed by atoms with Gasteiger partial charge in [0.15, 0.2) is 16.6 Å². The number of morpholine rings is 1. The first-order valence-electron chi connectivity index (χ1n) is 10.2. The maximum atomic E-state index is 12.5. The Bertz CT molecular complexity index is 1050. The summed E-state index contributed by atoms with van der Waals surface area (Å²) in [7, 11) is 2.90. The molecule has 4 rings (SSSR count). The standard InChI is InChI=1S/C23H25N3O5S/c1-29-19-11-15(12-20(30-2)22(19)28)13-21(27)24-17-5-3-16(4-6-17)18-14-32-23(25-18)26-7-9-31-10-8-26/h3-6,11-12,14,28H,7-10,13H2,1-2H3,(H,24,27). The molecule has 2 heterocycles. The summed E-state index contributed by atoms with van der Waals surface area (Å²) in [6.07, 6.45) is 0.115. The molecule has 1 saturated heterocycles. The molecule has 2 N–H and O–H groups in total. The van der Waals surface area contributed by atoms with Gasteiger partial charge in [-0.25, -0.2) is 4.98 Å². The number of carbonyl (C=O) groups is 1. The van der Waals surface area contributed by atoms with Gasteiger partial charge < -0.3 is 29.5 Å². The van der Waals surface area contributed by atoms with E-state index in [1.165, 1.54) is 14.2 Å². The van der Waals surface area contributed by atoms with Gasteiger partial charge >= 0.3 is 0 Å². The number of benzene rings is 2. The number of nitrogens with zero attached hydrogens (tertiary/aromatic N) is 2. The van der Waals surface area contributed by atoms with E-state index in [-0.39, 0.29) is 29.6 Å². The van der Waals surface area contributed by atoms with Gasteiger partial charge in [-0.2, -0.15) is 0 Å². The van der Waals surface area contributed by atoms with Crippen LogP contribution in [0.25, 0.3) is 11.3 Å². The zero-order valence-electron chi connectivity index (χ0n) is 18.0. The van der Waals surface area contributed by atoms with E-state index in [2.05, 4.69) is 10.2 Å². The Morgan fingerprint density at radius 1 is 1.16 bits per heavy atom. The van der Waals surface area contributed by atoms with Gasteiger partial charge in [-0.3, -0.25) is 4.79 Å². The predicted molar refractivity (Wildman–Crippen MR) is 124 cm³/mol. The fourth-order valence-electron chi connectivity index (χ4n) is 3.46. The Balaban J connectivity index is 1.40. The smallest absolute Gasteiger partial charge is 0.228 e. The highest BCUT2D eigenvalue weighted by molar-refractivity contribution is 7.14. The van der Waals surface area contributed by atoms with Crippen molar-refractivity contribution >= 4 is 28.1 Å². The van der Waals surface area contributed by atoms with Crippen LogP contribution in [-0.2, 0) is 16.0 Å². The average Bonchev–Trinajstić information content (AvgIpc) is 3.31. The van der Waals surface area contributed by atoms with Crippen molar-refractivity contribution in [2.45, 2.75) is 6.42 Å². The maximum absolute atomic E-state index is 12.5. The molecule has 32 heavy (non-hydrogen) atoms. The molecule has 1 aliphatic rings. The third-order valence-electron chi connectivity index (χ3n) is 5.14. The number of rotatable bonds is 7. The number of anilines is 2. The quantitative estimate of drug-likeness (QED) is 0.563. The normalized spacial score (nSPS) is 13.6. The van der Waals surface area contributed by atoms with Gasteiger partial charge in [0, 0.05) is 29.7 Å². The van der Waals surface area contributed by atoms with E-state index in [1.54, 1.807) is 23.5 Å². The molecule has 2 aromatic carbocycles. The van der Waals surface area contributed by atoms with Crippen molar-refractivity contribution in [3.63, 3.8) is 0 Å². The molecule has 8 nitrogen and oxygen atoms in total. The second-order valence-corrected chi connectivity index (χ2v) is 8.10. The summed E-state index contributed by atoms with van der Waals surface area (Å²) in [5.74, 6) is 0.247. The molecule has 168 valence electrons. The first kappa shape index (κ1) is 21.9. The number of nitrogens with one attached hydrogen (secondary N) is 1. The number of hydrogen-bond acceptors (Lipinski definition) is 8. The molecule has 0 radical (unpaired) electrons. The molecule has 1 aliphatic heterocycles. The average molecular weight is 456 g/mol. The van der Waals surface area contributed by atoms with Crippen LogP contribution in [-0.4, -0.2) is 56.5 Å². The molecule has 0 saturated carbocycles. The van der Waals surface area contributed by atoms with Crippen LogP contribution in [0.15, 0.2) is 41.8 Å². The van der Waals surface area contributed by atoms with E-state index < -0.39 is 0 Å². The van der Waals surface area contributed by atoms with Crippen molar-refractivity contribution in [2.24, 2.45) is 0 Å². The first-order valence-corrected chi connectivity index (χ1v) is 11.1. The summed E-state index contributed by atoms with van der Waals surface area (Å²) in [5, 5.41) is 16.0. The number of aromatic hydroxyl groups is 1. The lowest BCUT2D eigenvalue weighted by Gasteiger charge is -2.26. The van der Waals surface area contributed by atoms with E-state index in [0.29, 0.717) is 11.3 Å². The van der Waals surface area contributed by atoms with Gasteiger partial charge in [0.25, 0.3) is 0 Å². The number of aromatic nitrogens is 1. The molecular weight excluding hydrogens is 430 g/mol. The summed E-state index contributed by atoms with van der Waals surface area (Å²) < 4.78 is 15.7.